The number of carbonyl (C=O) groups excluding carboxylic acids is 1. The Kier molecular flexibility index (Phi) is 7.54. The summed E-state index contributed by atoms with van der Waals surface area (Å²) < 4.78 is 17.7. The number of ketones is 1. The van der Waals surface area contributed by atoms with Gasteiger partial charge in [-0.3, -0.25) is 4.79 Å². The number of thiophene rings is 1. The highest BCUT2D eigenvalue weighted by Crippen LogP contribution is 2.41. The van der Waals surface area contributed by atoms with Gasteiger partial charge < -0.3 is 19.5 Å². The van der Waals surface area contributed by atoms with Crippen molar-refractivity contribution in [3.8, 4) is 27.7 Å². The number of nitrogens with one attached hydrogen (secondary N) is 1. The molecule has 4 aromatic rings. The van der Waals surface area contributed by atoms with Crippen LogP contribution in [0.1, 0.15) is 41.6 Å². The summed E-state index contributed by atoms with van der Waals surface area (Å²) in [7, 11) is 3.30. The van der Waals surface area contributed by atoms with Gasteiger partial charge in [0.05, 0.1) is 20.8 Å². The smallest absolute Gasteiger partial charge is 0.195 e. The van der Waals surface area contributed by atoms with Gasteiger partial charge in [0.15, 0.2) is 5.78 Å². The molecule has 5 nitrogen and oxygen atoms in total. The highest BCUT2D eigenvalue weighted by molar-refractivity contribution is 7.22. The van der Waals surface area contributed by atoms with Crippen molar-refractivity contribution in [1.29, 1.82) is 0 Å². The van der Waals surface area contributed by atoms with Gasteiger partial charge in [0.25, 0.3) is 0 Å². The van der Waals surface area contributed by atoms with Crippen LogP contribution in [0.4, 0.5) is 0 Å². The van der Waals surface area contributed by atoms with Gasteiger partial charge >= 0.3 is 0 Å². The minimum Gasteiger partial charge on any atom is -0.497 e. The fourth-order valence-corrected chi connectivity index (χ4v) is 5.94. The molecule has 1 saturated heterocycles. The summed E-state index contributed by atoms with van der Waals surface area (Å²) in [6.07, 6.45) is 4.76. The Hall–Kier alpha value is -3.35. The van der Waals surface area contributed by atoms with Crippen molar-refractivity contribution in [2.24, 2.45) is 0 Å². The molecule has 1 aliphatic heterocycles. The second kappa shape index (κ2) is 11.1. The lowest BCUT2D eigenvalue weighted by atomic mass is 9.97. The molecule has 1 atom stereocenters. The summed E-state index contributed by atoms with van der Waals surface area (Å²) in [5, 5.41) is 4.48. The van der Waals surface area contributed by atoms with Gasteiger partial charge in [-0.2, -0.15) is 0 Å². The molecule has 36 heavy (non-hydrogen) atoms. The predicted molar refractivity (Wildman–Crippen MR) is 146 cm³/mol. The highest BCUT2D eigenvalue weighted by atomic mass is 32.1. The summed E-state index contributed by atoms with van der Waals surface area (Å²) in [6, 6.07) is 21.8. The number of benzene rings is 3. The van der Waals surface area contributed by atoms with Crippen molar-refractivity contribution in [2.75, 3.05) is 27.4 Å². The molecule has 186 valence electrons. The van der Waals surface area contributed by atoms with E-state index >= 15 is 0 Å². The Bertz CT molecular complexity index is 1320. The number of carbonyl (C=O) groups is 1. The van der Waals surface area contributed by atoms with E-state index in [-0.39, 0.29) is 5.78 Å². The molecule has 5 rings (SSSR count). The SMILES string of the molecule is COc1ccc(-c2sc3cc(OC)ccc3c2C(=O)c2ccc(OCCC3CCCCN3)cc2)cc1. The molecular formula is C30H31NO4S. The van der Waals surface area contributed by atoms with E-state index in [0.29, 0.717) is 23.8 Å². The van der Waals surface area contributed by atoms with Gasteiger partial charge in [0.1, 0.15) is 17.2 Å². The van der Waals surface area contributed by atoms with E-state index in [2.05, 4.69) is 5.32 Å². The van der Waals surface area contributed by atoms with Crippen LogP contribution >= 0.6 is 11.3 Å². The van der Waals surface area contributed by atoms with Crippen LogP contribution in [0.2, 0.25) is 0 Å². The van der Waals surface area contributed by atoms with Gasteiger partial charge in [-0.1, -0.05) is 6.42 Å². The maximum atomic E-state index is 13.8. The molecular weight excluding hydrogens is 470 g/mol. The van der Waals surface area contributed by atoms with Crippen LogP contribution < -0.4 is 19.5 Å². The number of rotatable bonds is 9. The van der Waals surface area contributed by atoms with Crippen molar-refractivity contribution in [3.63, 3.8) is 0 Å². The van der Waals surface area contributed by atoms with Crippen LogP contribution in [0.25, 0.3) is 20.5 Å². The molecule has 0 aliphatic carbocycles. The van der Waals surface area contributed by atoms with E-state index in [1.807, 2.05) is 66.7 Å². The quantitative estimate of drug-likeness (QED) is 0.258. The first kappa shape index (κ1) is 24.3. The predicted octanol–water partition coefficient (Wildman–Crippen LogP) is 6.73. The molecule has 1 N–H and O–H groups in total. The zero-order chi connectivity index (χ0) is 24.9. The Balaban J connectivity index is 1.40. The first-order valence-corrected chi connectivity index (χ1v) is 13.2. The lowest BCUT2D eigenvalue weighted by molar-refractivity contribution is 0.104. The minimum atomic E-state index is -0.00445. The van der Waals surface area contributed by atoms with Crippen molar-refractivity contribution in [1.82, 2.24) is 5.32 Å². The number of hydrogen-bond donors (Lipinski definition) is 1. The van der Waals surface area contributed by atoms with E-state index in [1.54, 1.807) is 25.6 Å². The normalized spacial score (nSPS) is 15.6. The van der Waals surface area contributed by atoms with E-state index in [4.69, 9.17) is 14.2 Å². The molecule has 0 saturated carbocycles. The monoisotopic (exact) mass is 501 g/mol. The lowest BCUT2D eigenvalue weighted by Crippen LogP contribution is -2.35. The van der Waals surface area contributed by atoms with Crippen LogP contribution in [-0.2, 0) is 0 Å². The average molecular weight is 502 g/mol. The average Bonchev–Trinajstić information content (AvgIpc) is 3.32. The Labute approximate surface area is 216 Å². The topological polar surface area (TPSA) is 56.8 Å². The lowest BCUT2D eigenvalue weighted by Gasteiger charge is -2.23. The maximum absolute atomic E-state index is 13.8. The summed E-state index contributed by atoms with van der Waals surface area (Å²) in [5.74, 6) is 2.34. The van der Waals surface area contributed by atoms with Gasteiger partial charge in [-0.15, -0.1) is 11.3 Å². The van der Waals surface area contributed by atoms with Gasteiger partial charge in [0.2, 0.25) is 0 Å². The third kappa shape index (κ3) is 5.25. The van der Waals surface area contributed by atoms with Crippen LogP contribution in [0.3, 0.4) is 0 Å². The third-order valence-corrected chi connectivity index (χ3v) is 7.94. The molecule has 6 heteroatoms. The van der Waals surface area contributed by atoms with Crippen LogP contribution in [0.15, 0.2) is 66.7 Å². The summed E-state index contributed by atoms with van der Waals surface area (Å²) in [4.78, 5) is 14.8. The first-order valence-electron chi connectivity index (χ1n) is 12.4. The number of ether oxygens (including phenoxy) is 3. The number of hydrogen-bond acceptors (Lipinski definition) is 6. The molecule has 0 amide bonds. The first-order chi connectivity index (χ1) is 17.7. The van der Waals surface area contributed by atoms with Crippen molar-refractivity contribution < 1.29 is 19.0 Å². The fourth-order valence-electron chi connectivity index (χ4n) is 4.71. The second-order valence-electron chi connectivity index (χ2n) is 9.03. The Morgan fingerprint density at radius 2 is 1.64 bits per heavy atom. The molecule has 0 radical (unpaired) electrons. The molecule has 1 unspecified atom stereocenters. The van der Waals surface area contributed by atoms with Gasteiger partial charge in [-0.05, 0) is 98.1 Å². The number of piperidine rings is 1. The van der Waals surface area contributed by atoms with E-state index in [1.165, 1.54) is 19.3 Å². The molecule has 1 aliphatic rings. The zero-order valence-electron chi connectivity index (χ0n) is 20.7. The fraction of sp³-hybridized carbons (Fsp3) is 0.300. The molecule has 3 aromatic carbocycles. The van der Waals surface area contributed by atoms with E-state index in [9.17, 15) is 4.79 Å². The maximum Gasteiger partial charge on any atom is 0.195 e. The second-order valence-corrected chi connectivity index (χ2v) is 10.1. The van der Waals surface area contributed by atoms with Crippen molar-refractivity contribution >= 4 is 27.2 Å². The summed E-state index contributed by atoms with van der Waals surface area (Å²) >= 11 is 1.60. The number of methoxy groups -OCH3 is 2. The molecule has 2 heterocycles. The Morgan fingerprint density at radius 1 is 0.917 bits per heavy atom. The standard InChI is InChI=1S/C30H31NO4S/c1-33-23-10-8-21(9-11-23)30-28(26-15-14-25(34-2)19-27(26)36-30)29(32)20-6-12-24(13-7-20)35-18-16-22-5-3-4-17-31-22/h6-15,19,22,31H,3-5,16-18H2,1-2H3. The third-order valence-electron chi connectivity index (χ3n) is 6.74. The Morgan fingerprint density at radius 3 is 2.33 bits per heavy atom. The van der Waals surface area contributed by atoms with E-state index < -0.39 is 0 Å². The van der Waals surface area contributed by atoms with Crippen LogP contribution in [0, 0.1) is 0 Å². The molecule has 1 fully saturated rings. The van der Waals surface area contributed by atoms with Gasteiger partial charge in [-0.25, -0.2) is 0 Å². The number of fused-ring (bicyclic) bond motifs is 1. The molecule has 1 aromatic heterocycles. The zero-order valence-corrected chi connectivity index (χ0v) is 21.5. The van der Waals surface area contributed by atoms with Crippen LogP contribution in [-0.4, -0.2) is 39.2 Å². The largest absolute Gasteiger partial charge is 0.497 e. The minimum absolute atomic E-state index is 0.00445. The highest BCUT2D eigenvalue weighted by Gasteiger charge is 2.22. The van der Waals surface area contributed by atoms with Gasteiger partial charge in [0, 0.05) is 32.1 Å². The molecule has 0 spiro atoms. The van der Waals surface area contributed by atoms with Crippen LogP contribution in [0.5, 0.6) is 17.2 Å². The molecule has 0 bridgehead atoms. The van der Waals surface area contributed by atoms with Crippen molar-refractivity contribution in [3.05, 3.63) is 77.9 Å². The van der Waals surface area contributed by atoms with Crippen molar-refractivity contribution in [2.45, 2.75) is 31.7 Å². The summed E-state index contributed by atoms with van der Waals surface area (Å²) in [5.41, 5.74) is 2.33. The summed E-state index contributed by atoms with van der Waals surface area (Å²) in [6.45, 7) is 1.77. The van der Waals surface area contributed by atoms with E-state index in [0.717, 1.165) is 50.7 Å².